The monoisotopic (exact) mass is 288 g/mol. The van der Waals surface area contributed by atoms with Crippen molar-refractivity contribution >= 4 is 24.6 Å². The van der Waals surface area contributed by atoms with Gasteiger partial charge in [-0.3, -0.25) is 4.40 Å². The van der Waals surface area contributed by atoms with Crippen LogP contribution in [-0.4, -0.2) is 33.6 Å². The summed E-state index contributed by atoms with van der Waals surface area (Å²) >= 11 is 0. The van der Waals surface area contributed by atoms with E-state index in [4.69, 9.17) is 4.74 Å². The highest BCUT2D eigenvalue weighted by atomic mass is 28.3. The molecule has 3 rings (SSSR count). The molecule has 0 fully saturated rings. The van der Waals surface area contributed by atoms with E-state index < -0.39 is 8.07 Å². The predicted octanol–water partition coefficient (Wildman–Crippen LogP) is 3.00. The number of imidazole rings is 1. The first-order valence-electron chi connectivity index (χ1n) is 6.88. The Hall–Kier alpha value is -1.66. The summed E-state index contributed by atoms with van der Waals surface area (Å²) in [6.07, 6.45) is 7.45. The van der Waals surface area contributed by atoms with Crippen LogP contribution in [0, 0.1) is 0 Å². The molecule has 0 N–H and O–H groups in total. The third kappa shape index (κ3) is 2.61. The molecule has 0 unspecified atom stereocenters. The summed E-state index contributed by atoms with van der Waals surface area (Å²) in [7, 11) is -1.02. The van der Waals surface area contributed by atoms with Gasteiger partial charge in [0.25, 0.3) is 0 Å². The van der Waals surface area contributed by atoms with Gasteiger partial charge in [-0.05, 0) is 12.1 Å². The number of aromatic nitrogens is 4. The normalized spacial score (nSPS) is 12.6. The number of ether oxygens (including phenoxy) is 1. The van der Waals surface area contributed by atoms with Crippen LogP contribution in [-0.2, 0) is 11.5 Å². The fourth-order valence-corrected chi connectivity index (χ4v) is 2.93. The van der Waals surface area contributed by atoms with Crippen molar-refractivity contribution in [3.05, 3.63) is 31.1 Å². The first-order chi connectivity index (χ1) is 9.54. The van der Waals surface area contributed by atoms with Crippen molar-refractivity contribution in [3.63, 3.8) is 0 Å². The van der Waals surface area contributed by atoms with Crippen LogP contribution in [0.3, 0.4) is 0 Å². The van der Waals surface area contributed by atoms with E-state index in [9.17, 15) is 0 Å². The van der Waals surface area contributed by atoms with Crippen LogP contribution in [0.2, 0.25) is 25.7 Å². The van der Waals surface area contributed by atoms with E-state index in [0.717, 1.165) is 23.2 Å². The van der Waals surface area contributed by atoms with Gasteiger partial charge in [-0.15, -0.1) is 0 Å². The molecule has 0 atom stereocenters. The van der Waals surface area contributed by atoms with E-state index in [2.05, 4.69) is 35.7 Å². The van der Waals surface area contributed by atoms with Crippen LogP contribution in [0.25, 0.3) is 16.6 Å². The molecular weight excluding hydrogens is 268 g/mol. The molecule has 0 aliphatic heterocycles. The van der Waals surface area contributed by atoms with Gasteiger partial charge in [0.05, 0.1) is 11.7 Å². The van der Waals surface area contributed by atoms with Crippen LogP contribution in [0.1, 0.15) is 0 Å². The number of fused-ring (bicyclic) bond motifs is 3. The van der Waals surface area contributed by atoms with Gasteiger partial charge in [-0.1, -0.05) is 19.6 Å². The lowest BCUT2D eigenvalue weighted by atomic mass is 10.3. The molecule has 0 spiro atoms. The van der Waals surface area contributed by atoms with Gasteiger partial charge in [0.2, 0.25) is 0 Å². The molecule has 0 saturated carbocycles. The third-order valence-corrected chi connectivity index (χ3v) is 5.11. The molecule has 5 nitrogen and oxygen atoms in total. The van der Waals surface area contributed by atoms with Crippen molar-refractivity contribution in [2.45, 2.75) is 32.4 Å². The summed E-state index contributed by atoms with van der Waals surface area (Å²) in [5.41, 5.74) is 2.03. The molecule has 3 aromatic heterocycles. The Kier molecular flexibility index (Phi) is 3.35. The Balaban J connectivity index is 1.76. The minimum absolute atomic E-state index is 0.561. The van der Waals surface area contributed by atoms with Crippen LogP contribution in [0.4, 0.5) is 0 Å². The molecule has 0 radical (unpaired) electrons. The summed E-state index contributed by atoms with van der Waals surface area (Å²) in [5.74, 6) is 0. The standard InChI is InChI=1S/C14H20N4OSi/c1-20(2,3)7-6-19-11-17-5-4-12-13-8-15-9-18(13)10-16-14(12)17/h4-5,8-10H,6-7,11H2,1-3H3. The van der Waals surface area contributed by atoms with E-state index in [1.807, 2.05) is 21.4 Å². The molecule has 0 aliphatic rings. The molecule has 0 aliphatic carbocycles. The van der Waals surface area contributed by atoms with Gasteiger partial charge in [-0.25, -0.2) is 9.97 Å². The topological polar surface area (TPSA) is 44.4 Å². The zero-order valence-electron chi connectivity index (χ0n) is 12.2. The van der Waals surface area contributed by atoms with Crippen LogP contribution in [0.15, 0.2) is 31.1 Å². The lowest BCUT2D eigenvalue weighted by Crippen LogP contribution is -2.22. The van der Waals surface area contributed by atoms with Crippen molar-refractivity contribution in [1.29, 1.82) is 0 Å². The molecule has 0 saturated heterocycles. The fraction of sp³-hybridized carbons (Fsp3) is 0.429. The van der Waals surface area contributed by atoms with Crippen molar-refractivity contribution < 1.29 is 4.74 Å². The maximum absolute atomic E-state index is 5.79. The number of hydrogen-bond acceptors (Lipinski definition) is 3. The average Bonchev–Trinajstić information content (AvgIpc) is 2.99. The maximum Gasteiger partial charge on any atom is 0.145 e. The van der Waals surface area contributed by atoms with Crippen molar-refractivity contribution in [2.75, 3.05) is 6.61 Å². The quantitative estimate of drug-likeness (QED) is 0.535. The second kappa shape index (κ2) is 5.03. The number of nitrogens with zero attached hydrogens (tertiary/aromatic N) is 4. The van der Waals surface area contributed by atoms with Gasteiger partial charge < -0.3 is 9.30 Å². The summed E-state index contributed by atoms with van der Waals surface area (Å²) in [6, 6.07) is 3.26. The summed E-state index contributed by atoms with van der Waals surface area (Å²) < 4.78 is 9.77. The molecule has 0 amide bonds. The van der Waals surface area contributed by atoms with E-state index >= 15 is 0 Å². The van der Waals surface area contributed by atoms with E-state index in [1.165, 1.54) is 6.04 Å². The Bertz CT molecular complexity index is 726. The van der Waals surface area contributed by atoms with E-state index in [0.29, 0.717) is 6.73 Å². The molecule has 0 aromatic carbocycles. The van der Waals surface area contributed by atoms with Crippen LogP contribution < -0.4 is 0 Å². The van der Waals surface area contributed by atoms with Gasteiger partial charge in [0, 0.05) is 26.3 Å². The minimum atomic E-state index is -1.02. The average molecular weight is 288 g/mol. The molecule has 20 heavy (non-hydrogen) atoms. The van der Waals surface area contributed by atoms with E-state index in [1.54, 1.807) is 12.7 Å². The van der Waals surface area contributed by atoms with Crippen LogP contribution in [0.5, 0.6) is 0 Å². The summed E-state index contributed by atoms with van der Waals surface area (Å²) in [6.45, 7) is 8.47. The largest absolute Gasteiger partial charge is 0.361 e. The van der Waals surface area contributed by atoms with Crippen molar-refractivity contribution in [1.82, 2.24) is 18.9 Å². The highest BCUT2D eigenvalue weighted by molar-refractivity contribution is 6.76. The SMILES string of the molecule is C[Si](C)(C)CCOCn1ccc2c1ncn1cncc21. The molecule has 3 aromatic rings. The second-order valence-corrected chi connectivity index (χ2v) is 11.9. The lowest BCUT2D eigenvalue weighted by molar-refractivity contribution is 0.0899. The highest BCUT2D eigenvalue weighted by Gasteiger charge is 2.12. The Labute approximate surface area is 119 Å². The first-order valence-corrected chi connectivity index (χ1v) is 10.6. The molecular formula is C14H20N4OSi. The molecule has 6 heteroatoms. The highest BCUT2D eigenvalue weighted by Crippen LogP contribution is 2.19. The third-order valence-electron chi connectivity index (χ3n) is 3.41. The van der Waals surface area contributed by atoms with Crippen molar-refractivity contribution in [3.8, 4) is 0 Å². The van der Waals surface area contributed by atoms with Gasteiger partial charge >= 0.3 is 0 Å². The molecule has 3 heterocycles. The Morgan fingerprint density at radius 2 is 2.10 bits per heavy atom. The maximum atomic E-state index is 5.79. The van der Waals surface area contributed by atoms with Gasteiger partial charge in [-0.2, -0.15) is 0 Å². The first kappa shape index (κ1) is 13.3. The Morgan fingerprint density at radius 3 is 2.90 bits per heavy atom. The zero-order chi connectivity index (χ0) is 14.2. The van der Waals surface area contributed by atoms with E-state index in [-0.39, 0.29) is 0 Å². The van der Waals surface area contributed by atoms with Gasteiger partial charge in [0.1, 0.15) is 25.0 Å². The minimum Gasteiger partial charge on any atom is -0.361 e. The molecule has 106 valence electrons. The van der Waals surface area contributed by atoms with Gasteiger partial charge in [0.15, 0.2) is 0 Å². The summed E-state index contributed by atoms with van der Waals surface area (Å²) in [5, 5.41) is 1.11. The summed E-state index contributed by atoms with van der Waals surface area (Å²) in [4.78, 5) is 8.63. The van der Waals surface area contributed by atoms with Crippen LogP contribution >= 0.6 is 0 Å². The Morgan fingerprint density at radius 1 is 1.25 bits per heavy atom. The number of rotatable bonds is 5. The zero-order valence-corrected chi connectivity index (χ0v) is 13.2. The lowest BCUT2D eigenvalue weighted by Gasteiger charge is -2.15. The second-order valence-electron chi connectivity index (χ2n) is 6.30. The van der Waals surface area contributed by atoms with Crippen molar-refractivity contribution in [2.24, 2.45) is 0 Å². The number of hydrogen-bond donors (Lipinski definition) is 0. The predicted molar refractivity (Wildman–Crippen MR) is 82.6 cm³/mol. The fourth-order valence-electron chi connectivity index (χ4n) is 2.18. The smallest absolute Gasteiger partial charge is 0.145 e. The molecule has 0 bridgehead atoms.